The van der Waals surface area contributed by atoms with Crippen molar-refractivity contribution in [2.75, 3.05) is 13.1 Å². The Labute approximate surface area is 228 Å². The fraction of sp³-hybridized carbons (Fsp3) is 0.577. The first-order chi connectivity index (χ1) is 18.4. The Kier molecular flexibility index (Phi) is 12.0. The quantitative estimate of drug-likeness (QED) is 0.0895. The number of guanidine groups is 1. The van der Waals surface area contributed by atoms with Gasteiger partial charge in [-0.05, 0) is 55.7 Å². The van der Waals surface area contributed by atoms with Crippen molar-refractivity contribution in [1.29, 1.82) is 0 Å². The van der Waals surface area contributed by atoms with Crippen LogP contribution in [0.5, 0.6) is 5.75 Å². The van der Waals surface area contributed by atoms with Gasteiger partial charge in [0.1, 0.15) is 23.9 Å². The molecule has 1 fully saturated rings. The van der Waals surface area contributed by atoms with Crippen LogP contribution < -0.4 is 27.8 Å². The summed E-state index contributed by atoms with van der Waals surface area (Å²) in [5.41, 5.74) is 17.5. The number of likely N-dealkylation sites (tertiary alicyclic amines) is 1. The van der Waals surface area contributed by atoms with E-state index in [1.807, 2.05) is 6.92 Å². The van der Waals surface area contributed by atoms with Crippen molar-refractivity contribution in [2.45, 2.75) is 76.5 Å². The largest absolute Gasteiger partial charge is 0.508 e. The zero-order valence-corrected chi connectivity index (χ0v) is 22.5. The molecule has 39 heavy (non-hydrogen) atoms. The minimum Gasteiger partial charge on any atom is -0.508 e. The van der Waals surface area contributed by atoms with Crippen molar-refractivity contribution in [3.05, 3.63) is 29.8 Å². The number of phenols is 1. The number of aliphatic carboxylic acids is 1. The van der Waals surface area contributed by atoms with Gasteiger partial charge in [-0.15, -0.1) is 0 Å². The van der Waals surface area contributed by atoms with Crippen LogP contribution >= 0.6 is 0 Å². The van der Waals surface area contributed by atoms with Gasteiger partial charge in [0, 0.05) is 13.1 Å². The standard InChI is InChI=1S/C26H41N7O6/c1-3-15(2)21(23(36)31-19(25(38)39)6-4-12-30-26(28)29)32-22(35)20-7-5-13-33(20)24(37)18(27)14-16-8-10-17(34)11-9-16/h8-11,15,18-21,34H,3-7,12-14,27H2,1-2H3,(H,31,36)(H,32,35)(H,38,39)(H4,28,29,30). The van der Waals surface area contributed by atoms with E-state index in [-0.39, 0.29) is 42.9 Å². The summed E-state index contributed by atoms with van der Waals surface area (Å²) in [6, 6.07) is 2.52. The fourth-order valence-corrected chi connectivity index (χ4v) is 4.46. The van der Waals surface area contributed by atoms with Gasteiger partial charge in [-0.25, -0.2) is 4.79 Å². The Bertz CT molecular complexity index is 1030. The normalized spacial score (nSPS) is 17.9. The molecular formula is C26H41N7O6. The monoisotopic (exact) mass is 547 g/mol. The SMILES string of the molecule is CCC(C)C(NC(=O)C1CCCN1C(=O)C(N)Cc1ccc(O)cc1)C(=O)NC(CCCN=C(N)N)C(=O)O. The molecule has 1 aromatic carbocycles. The van der Waals surface area contributed by atoms with E-state index in [1.165, 1.54) is 17.0 Å². The van der Waals surface area contributed by atoms with Crippen LogP contribution in [0.2, 0.25) is 0 Å². The minimum atomic E-state index is -1.21. The first kappa shape index (κ1) is 31.3. The van der Waals surface area contributed by atoms with Gasteiger partial charge < -0.3 is 42.9 Å². The van der Waals surface area contributed by atoms with Crippen LogP contribution in [0.15, 0.2) is 29.3 Å². The lowest BCUT2D eigenvalue weighted by Gasteiger charge is -2.30. The Morgan fingerprint density at radius 2 is 1.82 bits per heavy atom. The third-order valence-corrected chi connectivity index (χ3v) is 6.90. The second-order valence-corrected chi connectivity index (χ2v) is 9.89. The van der Waals surface area contributed by atoms with Crippen molar-refractivity contribution in [2.24, 2.45) is 28.1 Å². The highest BCUT2D eigenvalue weighted by Gasteiger charge is 2.38. The number of carboxylic acid groups (broad SMARTS) is 1. The first-order valence-electron chi connectivity index (χ1n) is 13.2. The molecule has 0 aliphatic carbocycles. The molecule has 2 rings (SSSR count). The molecule has 0 bridgehead atoms. The first-order valence-corrected chi connectivity index (χ1v) is 13.2. The molecule has 13 heteroatoms. The molecule has 1 saturated heterocycles. The van der Waals surface area contributed by atoms with E-state index in [0.717, 1.165) is 5.56 Å². The van der Waals surface area contributed by atoms with Crippen LogP contribution in [0.25, 0.3) is 0 Å². The van der Waals surface area contributed by atoms with Gasteiger partial charge in [0.05, 0.1) is 6.04 Å². The molecule has 5 unspecified atom stereocenters. The van der Waals surface area contributed by atoms with E-state index in [4.69, 9.17) is 17.2 Å². The molecule has 0 spiro atoms. The van der Waals surface area contributed by atoms with Gasteiger partial charge in [0.15, 0.2) is 5.96 Å². The average molecular weight is 548 g/mol. The number of phenolic OH excluding ortho intramolecular Hbond substituents is 1. The van der Waals surface area contributed by atoms with Crippen LogP contribution in [0.1, 0.15) is 51.5 Å². The molecule has 0 aromatic heterocycles. The molecule has 1 aliphatic rings. The van der Waals surface area contributed by atoms with Gasteiger partial charge >= 0.3 is 5.97 Å². The molecule has 1 heterocycles. The molecule has 10 N–H and O–H groups in total. The number of nitrogens with one attached hydrogen (secondary N) is 2. The molecule has 1 aromatic rings. The highest BCUT2D eigenvalue weighted by Crippen LogP contribution is 2.21. The number of nitrogens with zero attached hydrogens (tertiary/aromatic N) is 2. The summed E-state index contributed by atoms with van der Waals surface area (Å²) in [7, 11) is 0. The number of carboxylic acids is 1. The fourth-order valence-electron chi connectivity index (χ4n) is 4.46. The predicted octanol–water partition coefficient (Wildman–Crippen LogP) is -0.593. The number of hydrogen-bond acceptors (Lipinski definition) is 7. The third kappa shape index (κ3) is 9.43. The van der Waals surface area contributed by atoms with Gasteiger partial charge in [-0.2, -0.15) is 0 Å². The second-order valence-electron chi connectivity index (χ2n) is 9.89. The Morgan fingerprint density at radius 3 is 2.41 bits per heavy atom. The molecule has 13 nitrogen and oxygen atoms in total. The topological polar surface area (TPSA) is 226 Å². The summed E-state index contributed by atoms with van der Waals surface area (Å²) >= 11 is 0. The van der Waals surface area contributed by atoms with Crippen molar-refractivity contribution in [1.82, 2.24) is 15.5 Å². The minimum absolute atomic E-state index is 0.100. The highest BCUT2D eigenvalue weighted by molar-refractivity contribution is 5.94. The van der Waals surface area contributed by atoms with Crippen LogP contribution in [0.3, 0.4) is 0 Å². The maximum absolute atomic E-state index is 13.3. The summed E-state index contributed by atoms with van der Waals surface area (Å²) < 4.78 is 0. The Hall–Kier alpha value is -3.87. The van der Waals surface area contributed by atoms with E-state index in [0.29, 0.717) is 32.2 Å². The Balaban J connectivity index is 2.06. The third-order valence-electron chi connectivity index (χ3n) is 6.90. The number of rotatable bonds is 14. The lowest BCUT2D eigenvalue weighted by atomic mass is 9.97. The number of aliphatic imine (C=N–C) groups is 1. The van der Waals surface area contributed by atoms with Crippen LogP contribution in [0.4, 0.5) is 0 Å². The van der Waals surface area contributed by atoms with E-state index < -0.39 is 42.0 Å². The number of amides is 3. The van der Waals surface area contributed by atoms with Crippen molar-refractivity contribution >= 4 is 29.7 Å². The molecule has 5 atom stereocenters. The maximum Gasteiger partial charge on any atom is 0.326 e. The molecular weight excluding hydrogens is 506 g/mol. The number of benzene rings is 1. The maximum atomic E-state index is 13.3. The lowest BCUT2D eigenvalue weighted by molar-refractivity contribution is -0.143. The predicted molar refractivity (Wildman–Crippen MR) is 145 cm³/mol. The zero-order valence-electron chi connectivity index (χ0n) is 22.5. The van der Waals surface area contributed by atoms with Crippen LogP contribution in [-0.2, 0) is 25.6 Å². The average Bonchev–Trinajstić information content (AvgIpc) is 3.39. The van der Waals surface area contributed by atoms with Crippen LogP contribution in [0, 0.1) is 5.92 Å². The van der Waals surface area contributed by atoms with Crippen molar-refractivity contribution in [3.63, 3.8) is 0 Å². The summed E-state index contributed by atoms with van der Waals surface area (Å²) in [6.45, 7) is 4.21. The molecule has 0 saturated carbocycles. The van der Waals surface area contributed by atoms with E-state index in [9.17, 15) is 29.4 Å². The van der Waals surface area contributed by atoms with Gasteiger partial charge in [0.25, 0.3) is 0 Å². The Morgan fingerprint density at radius 1 is 1.15 bits per heavy atom. The molecule has 0 radical (unpaired) electrons. The van der Waals surface area contributed by atoms with E-state index in [1.54, 1.807) is 19.1 Å². The number of hydrogen-bond donors (Lipinski definition) is 7. The smallest absolute Gasteiger partial charge is 0.326 e. The number of carbonyl (C=O) groups is 4. The van der Waals surface area contributed by atoms with Crippen molar-refractivity contribution in [3.8, 4) is 5.75 Å². The highest BCUT2D eigenvalue weighted by atomic mass is 16.4. The summed E-state index contributed by atoms with van der Waals surface area (Å²) in [5, 5.41) is 24.3. The molecule has 216 valence electrons. The zero-order chi connectivity index (χ0) is 29.1. The number of nitrogens with two attached hydrogens (primary N) is 3. The summed E-state index contributed by atoms with van der Waals surface area (Å²) in [6.07, 6.45) is 2.24. The molecule has 3 amide bonds. The molecule has 1 aliphatic heterocycles. The van der Waals surface area contributed by atoms with Gasteiger partial charge in [-0.1, -0.05) is 32.4 Å². The number of aromatic hydroxyl groups is 1. The van der Waals surface area contributed by atoms with E-state index >= 15 is 0 Å². The van der Waals surface area contributed by atoms with Crippen molar-refractivity contribution < 1.29 is 29.4 Å². The van der Waals surface area contributed by atoms with Gasteiger partial charge in [-0.3, -0.25) is 19.4 Å². The van der Waals surface area contributed by atoms with Gasteiger partial charge in [0.2, 0.25) is 17.7 Å². The van der Waals surface area contributed by atoms with E-state index in [2.05, 4.69) is 15.6 Å². The van der Waals surface area contributed by atoms with Crippen LogP contribution in [-0.4, -0.2) is 82.0 Å². The summed E-state index contributed by atoms with van der Waals surface area (Å²) in [4.78, 5) is 56.5. The second kappa shape index (κ2) is 14.9. The number of carbonyl (C=O) groups excluding carboxylic acids is 3. The summed E-state index contributed by atoms with van der Waals surface area (Å²) in [5.74, 6) is -2.99. The lowest BCUT2D eigenvalue weighted by Crippen LogP contribution is -2.58.